The zero-order valence-electron chi connectivity index (χ0n) is 11.8. The van der Waals surface area contributed by atoms with E-state index in [1.165, 1.54) is 34.4 Å². The Balaban J connectivity index is 1.96. The number of aryl methyl sites for hydroxylation is 3. The minimum absolute atomic E-state index is 0.186. The summed E-state index contributed by atoms with van der Waals surface area (Å²) in [6.07, 6.45) is 0. The van der Waals surface area contributed by atoms with E-state index in [2.05, 4.69) is 38.2 Å². The van der Waals surface area contributed by atoms with Crippen LogP contribution in [0.25, 0.3) is 0 Å². The Morgan fingerprint density at radius 2 is 1.47 bits per heavy atom. The Labute approximate surface area is 114 Å². The molecule has 0 atom stereocenters. The number of benzene rings is 2. The first-order valence-electron chi connectivity index (χ1n) is 6.58. The smallest absolute Gasteiger partial charge is 0.123 e. The Kier molecular flexibility index (Phi) is 4.33. The molecule has 2 aromatic carbocycles. The van der Waals surface area contributed by atoms with Crippen molar-refractivity contribution in [3.63, 3.8) is 0 Å². The highest BCUT2D eigenvalue weighted by Gasteiger charge is 2.02. The van der Waals surface area contributed by atoms with Gasteiger partial charge in [-0.15, -0.1) is 0 Å². The van der Waals surface area contributed by atoms with Crippen LogP contribution < -0.4 is 5.32 Å². The van der Waals surface area contributed by atoms with Crippen LogP contribution in [0.1, 0.15) is 27.8 Å². The minimum Gasteiger partial charge on any atom is -0.309 e. The Hall–Kier alpha value is -1.67. The van der Waals surface area contributed by atoms with Crippen LogP contribution in [0.5, 0.6) is 0 Å². The lowest BCUT2D eigenvalue weighted by molar-refractivity contribution is 0.625. The van der Waals surface area contributed by atoms with E-state index < -0.39 is 0 Å². The van der Waals surface area contributed by atoms with E-state index in [4.69, 9.17) is 0 Å². The van der Waals surface area contributed by atoms with Crippen molar-refractivity contribution in [1.29, 1.82) is 0 Å². The standard InChI is InChI=1S/C17H20FN/c1-12-8-14(3)16(9-13(12)2)11-19-10-15-4-6-17(18)7-5-15/h4-9,19H,10-11H2,1-3H3. The number of halogens is 1. The summed E-state index contributed by atoms with van der Waals surface area (Å²) in [5.41, 5.74) is 6.40. The third-order valence-corrected chi connectivity index (χ3v) is 3.51. The second-order valence-electron chi connectivity index (χ2n) is 5.09. The van der Waals surface area contributed by atoms with Crippen LogP contribution in [0.2, 0.25) is 0 Å². The summed E-state index contributed by atoms with van der Waals surface area (Å²) >= 11 is 0. The average molecular weight is 257 g/mol. The number of rotatable bonds is 4. The van der Waals surface area contributed by atoms with E-state index in [-0.39, 0.29) is 5.82 Å². The zero-order valence-corrected chi connectivity index (χ0v) is 11.8. The molecule has 2 rings (SSSR count). The summed E-state index contributed by atoms with van der Waals surface area (Å²) in [5, 5.41) is 3.40. The van der Waals surface area contributed by atoms with Crippen LogP contribution >= 0.6 is 0 Å². The summed E-state index contributed by atoms with van der Waals surface area (Å²) in [7, 11) is 0. The van der Waals surface area contributed by atoms with Crippen molar-refractivity contribution < 1.29 is 4.39 Å². The highest BCUT2D eigenvalue weighted by atomic mass is 19.1. The summed E-state index contributed by atoms with van der Waals surface area (Å²) < 4.78 is 12.8. The second kappa shape index (κ2) is 5.98. The van der Waals surface area contributed by atoms with Gasteiger partial charge in [0.1, 0.15) is 5.82 Å². The molecule has 1 N–H and O–H groups in total. The molecule has 0 aromatic heterocycles. The lowest BCUT2D eigenvalue weighted by atomic mass is 10.0. The Morgan fingerprint density at radius 1 is 0.842 bits per heavy atom. The summed E-state index contributed by atoms with van der Waals surface area (Å²) in [6, 6.07) is 11.1. The lowest BCUT2D eigenvalue weighted by Gasteiger charge is -2.11. The summed E-state index contributed by atoms with van der Waals surface area (Å²) in [5.74, 6) is -0.186. The van der Waals surface area contributed by atoms with Crippen molar-refractivity contribution in [2.75, 3.05) is 0 Å². The van der Waals surface area contributed by atoms with Gasteiger partial charge < -0.3 is 5.32 Å². The van der Waals surface area contributed by atoms with Crippen molar-refractivity contribution in [2.24, 2.45) is 0 Å². The van der Waals surface area contributed by atoms with Crippen LogP contribution in [0, 0.1) is 26.6 Å². The molecule has 0 heterocycles. The third-order valence-electron chi connectivity index (χ3n) is 3.51. The molecule has 0 amide bonds. The fraction of sp³-hybridized carbons (Fsp3) is 0.294. The highest BCUT2D eigenvalue weighted by molar-refractivity contribution is 5.36. The van der Waals surface area contributed by atoms with Gasteiger partial charge in [0, 0.05) is 13.1 Å². The first-order valence-corrected chi connectivity index (χ1v) is 6.58. The van der Waals surface area contributed by atoms with Crippen LogP contribution in [0.4, 0.5) is 4.39 Å². The molecule has 0 radical (unpaired) electrons. The van der Waals surface area contributed by atoms with E-state index in [0.717, 1.165) is 18.7 Å². The predicted octanol–water partition coefficient (Wildman–Crippen LogP) is 4.04. The maximum atomic E-state index is 12.8. The first kappa shape index (κ1) is 13.8. The average Bonchev–Trinajstić information content (AvgIpc) is 2.38. The fourth-order valence-corrected chi connectivity index (χ4v) is 2.15. The van der Waals surface area contributed by atoms with Gasteiger partial charge in [0.05, 0.1) is 0 Å². The zero-order chi connectivity index (χ0) is 13.8. The van der Waals surface area contributed by atoms with E-state index in [1.54, 1.807) is 0 Å². The van der Waals surface area contributed by atoms with Crippen LogP contribution in [0.3, 0.4) is 0 Å². The molecule has 0 aliphatic rings. The quantitative estimate of drug-likeness (QED) is 0.871. The molecular weight excluding hydrogens is 237 g/mol. The fourth-order valence-electron chi connectivity index (χ4n) is 2.15. The van der Waals surface area contributed by atoms with Gasteiger partial charge >= 0.3 is 0 Å². The molecule has 0 spiro atoms. The largest absolute Gasteiger partial charge is 0.309 e. The predicted molar refractivity (Wildman–Crippen MR) is 77.6 cm³/mol. The molecule has 2 aromatic rings. The number of hydrogen-bond donors (Lipinski definition) is 1. The Bertz CT molecular complexity index is 558. The highest BCUT2D eigenvalue weighted by Crippen LogP contribution is 2.15. The van der Waals surface area contributed by atoms with Crippen molar-refractivity contribution >= 4 is 0 Å². The van der Waals surface area contributed by atoms with Crippen LogP contribution in [0.15, 0.2) is 36.4 Å². The molecule has 1 nitrogen and oxygen atoms in total. The van der Waals surface area contributed by atoms with Gasteiger partial charge in [-0.05, 0) is 60.7 Å². The van der Waals surface area contributed by atoms with Gasteiger partial charge in [-0.1, -0.05) is 24.3 Å². The van der Waals surface area contributed by atoms with Gasteiger partial charge in [-0.3, -0.25) is 0 Å². The molecule has 19 heavy (non-hydrogen) atoms. The minimum atomic E-state index is -0.186. The third kappa shape index (κ3) is 3.65. The lowest BCUT2D eigenvalue weighted by Crippen LogP contribution is -2.13. The van der Waals surface area contributed by atoms with Crippen molar-refractivity contribution in [3.05, 3.63) is 70.0 Å². The molecule has 100 valence electrons. The molecule has 0 unspecified atom stereocenters. The monoisotopic (exact) mass is 257 g/mol. The van der Waals surface area contributed by atoms with Gasteiger partial charge in [-0.2, -0.15) is 0 Å². The normalized spacial score (nSPS) is 10.7. The number of nitrogens with one attached hydrogen (secondary N) is 1. The molecule has 0 saturated carbocycles. The van der Waals surface area contributed by atoms with Crippen molar-refractivity contribution in [3.8, 4) is 0 Å². The topological polar surface area (TPSA) is 12.0 Å². The Morgan fingerprint density at radius 3 is 2.16 bits per heavy atom. The van der Waals surface area contributed by atoms with Gasteiger partial charge in [0.15, 0.2) is 0 Å². The van der Waals surface area contributed by atoms with E-state index in [9.17, 15) is 4.39 Å². The molecule has 0 bridgehead atoms. The van der Waals surface area contributed by atoms with E-state index in [1.807, 2.05) is 12.1 Å². The van der Waals surface area contributed by atoms with E-state index in [0.29, 0.717) is 0 Å². The van der Waals surface area contributed by atoms with Gasteiger partial charge in [0.25, 0.3) is 0 Å². The van der Waals surface area contributed by atoms with Gasteiger partial charge in [0.2, 0.25) is 0 Å². The van der Waals surface area contributed by atoms with Crippen LogP contribution in [-0.4, -0.2) is 0 Å². The molecule has 0 fully saturated rings. The maximum Gasteiger partial charge on any atom is 0.123 e. The molecule has 2 heteroatoms. The number of hydrogen-bond acceptors (Lipinski definition) is 1. The molecule has 0 saturated heterocycles. The van der Waals surface area contributed by atoms with Crippen molar-refractivity contribution in [2.45, 2.75) is 33.9 Å². The summed E-state index contributed by atoms with van der Waals surface area (Å²) in [6.45, 7) is 8.01. The molecular formula is C17H20FN. The first-order chi connectivity index (χ1) is 9.06. The SMILES string of the molecule is Cc1cc(C)c(CNCc2ccc(F)cc2)cc1C. The maximum absolute atomic E-state index is 12.8. The molecule has 0 aliphatic carbocycles. The van der Waals surface area contributed by atoms with E-state index >= 15 is 0 Å². The molecule has 0 aliphatic heterocycles. The van der Waals surface area contributed by atoms with Crippen molar-refractivity contribution in [1.82, 2.24) is 5.32 Å². The second-order valence-corrected chi connectivity index (χ2v) is 5.09. The van der Waals surface area contributed by atoms with Crippen LogP contribution in [-0.2, 0) is 13.1 Å². The van der Waals surface area contributed by atoms with Gasteiger partial charge in [-0.25, -0.2) is 4.39 Å². The summed E-state index contributed by atoms with van der Waals surface area (Å²) in [4.78, 5) is 0.